The summed E-state index contributed by atoms with van der Waals surface area (Å²) < 4.78 is 7.28. The van der Waals surface area contributed by atoms with Crippen molar-refractivity contribution in [2.45, 2.75) is 11.8 Å². The average Bonchev–Trinajstić information content (AvgIpc) is 3.16. The summed E-state index contributed by atoms with van der Waals surface area (Å²) >= 11 is 7.41. The van der Waals surface area contributed by atoms with Crippen molar-refractivity contribution in [2.24, 2.45) is 0 Å². The minimum Gasteiger partial charge on any atom is -0.497 e. The summed E-state index contributed by atoms with van der Waals surface area (Å²) in [7, 11) is 1.62. The Morgan fingerprint density at radius 2 is 2.07 bits per heavy atom. The number of ether oxygens (including phenoxy) is 1. The number of nitrogens with zero attached hydrogens (tertiary/aromatic N) is 4. The summed E-state index contributed by atoms with van der Waals surface area (Å²) in [4.78, 5) is 27.2. The van der Waals surface area contributed by atoms with Crippen LogP contribution in [0.3, 0.4) is 0 Å². The molecule has 0 aliphatic heterocycles. The van der Waals surface area contributed by atoms with Crippen molar-refractivity contribution in [3.8, 4) is 5.75 Å². The zero-order chi connectivity index (χ0) is 20.7. The summed E-state index contributed by atoms with van der Waals surface area (Å²) in [5.41, 5.74) is 2.06. The number of alkyl halides is 1. The molecule has 0 radical (unpaired) electrons. The molecule has 1 aliphatic carbocycles. The van der Waals surface area contributed by atoms with Gasteiger partial charge in [-0.05, 0) is 36.8 Å². The molecule has 30 heavy (non-hydrogen) atoms. The second-order valence-corrected chi connectivity index (χ2v) is 8.25. The van der Waals surface area contributed by atoms with E-state index >= 15 is 0 Å². The van der Waals surface area contributed by atoms with Gasteiger partial charge >= 0.3 is 0 Å². The number of benzene rings is 1. The van der Waals surface area contributed by atoms with Crippen LogP contribution in [0.4, 0.5) is 11.5 Å². The lowest BCUT2D eigenvalue weighted by Crippen LogP contribution is -2.19. The van der Waals surface area contributed by atoms with E-state index in [2.05, 4.69) is 20.3 Å². The van der Waals surface area contributed by atoms with Crippen LogP contribution in [0.1, 0.15) is 6.42 Å². The van der Waals surface area contributed by atoms with Crippen molar-refractivity contribution >= 4 is 60.6 Å². The molecule has 3 heterocycles. The van der Waals surface area contributed by atoms with E-state index < -0.39 is 0 Å². The number of hydrogen-bond donors (Lipinski definition) is 1. The van der Waals surface area contributed by atoms with Gasteiger partial charge in [0.2, 0.25) is 0 Å². The maximum absolute atomic E-state index is 13.2. The van der Waals surface area contributed by atoms with Gasteiger partial charge in [0.1, 0.15) is 39.3 Å². The van der Waals surface area contributed by atoms with Gasteiger partial charge in [-0.1, -0.05) is 12.2 Å². The Kier molecular flexibility index (Phi) is 4.72. The predicted octanol–water partition coefficient (Wildman–Crippen LogP) is 4.56. The van der Waals surface area contributed by atoms with E-state index in [1.807, 2.05) is 42.5 Å². The van der Waals surface area contributed by atoms with Crippen LogP contribution in [0, 0.1) is 0 Å². The number of methoxy groups -OCH3 is 1. The Bertz CT molecular complexity index is 1370. The van der Waals surface area contributed by atoms with Gasteiger partial charge in [-0.25, -0.2) is 15.0 Å². The topological polar surface area (TPSA) is 81.9 Å². The number of hydrogen-bond acceptors (Lipinski definition) is 7. The number of fused-ring (bicyclic) bond motifs is 3. The highest BCUT2D eigenvalue weighted by Crippen LogP contribution is 2.34. The second-order valence-electron chi connectivity index (χ2n) is 6.70. The van der Waals surface area contributed by atoms with Crippen LogP contribution in [-0.2, 0) is 0 Å². The molecule has 0 saturated heterocycles. The van der Waals surface area contributed by atoms with Gasteiger partial charge < -0.3 is 10.1 Å². The highest BCUT2D eigenvalue weighted by Gasteiger charge is 2.18. The quantitative estimate of drug-likeness (QED) is 0.471. The first-order valence-electron chi connectivity index (χ1n) is 9.23. The van der Waals surface area contributed by atoms with Crippen LogP contribution in [0.15, 0.2) is 59.9 Å². The minimum absolute atomic E-state index is 0.0488. The Balaban J connectivity index is 1.61. The van der Waals surface area contributed by atoms with E-state index in [0.29, 0.717) is 27.3 Å². The number of nitrogens with one attached hydrogen (secondary N) is 1. The van der Waals surface area contributed by atoms with Gasteiger partial charge in [0.15, 0.2) is 0 Å². The molecule has 0 bridgehead atoms. The fourth-order valence-corrected chi connectivity index (χ4v) is 4.50. The fraction of sp³-hybridized carbons (Fsp3) is 0.143. The first-order chi connectivity index (χ1) is 14.6. The molecule has 4 aromatic rings. The third kappa shape index (κ3) is 3.24. The molecular formula is C21H16ClN5O2S. The smallest absolute Gasteiger partial charge is 0.275 e. The lowest BCUT2D eigenvalue weighted by molar-refractivity contribution is 0.415. The molecule has 1 atom stereocenters. The SMILES string of the molecule is COc1ccc(Nc2ncnc3sc4c(=O)n(C5=CCC(Cl)C=C5)cnc4c23)cc1. The van der Waals surface area contributed by atoms with Gasteiger partial charge in [0.05, 0.1) is 17.9 Å². The summed E-state index contributed by atoms with van der Waals surface area (Å²) in [6, 6.07) is 7.52. The molecule has 1 unspecified atom stereocenters. The molecule has 9 heteroatoms. The molecule has 1 N–H and O–H groups in total. The van der Waals surface area contributed by atoms with Gasteiger partial charge in [-0.2, -0.15) is 0 Å². The van der Waals surface area contributed by atoms with Crippen LogP contribution >= 0.6 is 22.9 Å². The van der Waals surface area contributed by atoms with Gasteiger partial charge in [-0.3, -0.25) is 9.36 Å². The number of anilines is 2. The Morgan fingerprint density at radius 3 is 2.80 bits per heavy atom. The maximum Gasteiger partial charge on any atom is 0.275 e. The van der Waals surface area contributed by atoms with Crippen LogP contribution in [0.5, 0.6) is 5.75 Å². The first kappa shape index (κ1) is 18.8. The number of rotatable bonds is 4. The zero-order valence-electron chi connectivity index (χ0n) is 15.9. The van der Waals surface area contributed by atoms with Crippen molar-refractivity contribution in [3.05, 3.63) is 65.5 Å². The van der Waals surface area contributed by atoms with Crippen molar-refractivity contribution in [2.75, 3.05) is 12.4 Å². The Hall–Kier alpha value is -3.23. The zero-order valence-corrected chi connectivity index (χ0v) is 17.4. The molecule has 1 aliphatic rings. The van der Waals surface area contributed by atoms with Gasteiger partial charge in [-0.15, -0.1) is 22.9 Å². The normalized spacial score (nSPS) is 16.1. The van der Waals surface area contributed by atoms with E-state index in [1.54, 1.807) is 18.0 Å². The molecule has 3 aromatic heterocycles. The summed E-state index contributed by atoms with van der Waals surface area (Å²) in [5.74, 6) is 1.37. The molecule has 0 saturated carbocycles. The molecule has 0 fully saturated rings. The number of halogens is 1. The highest BCUT2D eigenvalue weighted by atomic mass is 35.5. The first-order valence-corrected chi connectivity index (χ1v) is 10.5. The predicted molar refractivity (Wildman–Crippen MR) is 121 cm³/mol. The van der Waals surface area contributed by atoms with E-state index in [-0.39, 0.29) is 10.9 Å². The summed E-state index contributed by atoms with van der Waals surface area (Å²) in [6.07, 6.45) is 9.36. The van der Waals surface area contributed by atoms with Crippen LogP contribution in [0.2, 0.25) is 0 Å². The monoisotopic (exact) mass is 437 g/mol. The molecule has 5 rings (SSSR count). The minimum atomic E-state index is -0.137. The molecule has 7 nitrogen and oxygen atoms in total. The third-order valence-electron chi connectivity index (χ3n) is 4.84. The number of aromatic nitrogens is 4. The fourth-order valence-electron chi connectivity index (χ4n) is 3.32. The maximum atomic E-state index is 13.2. The second kappa shape index (κ2) is 7.55. The highest BCUT2D eigenvalue weighted by molar-refractivity contribution is 7.25. The van der Waals surface area contributed by atoms with E-state index in [9.17, 15) is 4.79 Å². The molecule has 0 spiro atoms. The third-order valence-corrected chi connectivity index (χ3v) is 6.24. The van der Waals surface area contributed by atoms with Crippen LogP contribution in [-0.4, -0.2) is 32.0 Å². The van der Waals surface area contributed by atoms with Gasteiger partial charge in [0.25, 0.3) is 5.56 Å². The number of allylic oxidation sites excluding steroid dienone is 4. The molecule has 1 aromatic carbocycles. The van der Waals surface area contributed by atoms with Crippen molar-refractivity contribution < 1.29 is 4.74 Å². The Morgan fingerprint density at radius 1 is 1.23 bits per heavy atom. The largest absolute Gasteiger partial charge is 0.497 e. The molecular weight excluding hydrogens is 422 g/mol. The summed E-state index contributed by atoms with van der Waals surface area (Å²) in [6.45, 7) is 0. The lowest BCUT2D eigenvalue weighted by Gasteiger charge is -2.12. The van der Waals surface area contributed by atoms with E-state index in [0.717, 1.165) is 22.5 Å². The Labute approximate surface area is 180 Å². The molecule has 150 valence electrons. The van der Waals surface area contributed by atoms with Crippen LogP contribution in [0.25, 0.3) is 26.1 Å². The van der Waals surface area contributed by atoms with E-state index in [1.165, 1.54) is 17.7 Å². The lowest BCUT2D eigenvalue weighted by atomic mass is 10.1. The summed E-state index contributed by atoms with van der Waals surface area (Å²) in [5, 5.41) is 3.97. The van der Waals surface area contributed by atoms with Crippen LogP contribution < -0.4 is 15.6 Å². The van der Waals surface area contributed by atoms with Crippen molar-refractivity contribution in [1.82, 2.24) is 19.5 Å². The number of thiophene rings is 1. The van der Waals surface area contributed by atoms with E-state index in [4.69, 9.17) is 16.3 Å². The molecule has 0 amide bonds. The van der Waals surface area contributed by atoms with Crippen molar-refractivity contribution in [1.29, 1.82) is 0 Å². The average molecular weight is 438 g/mol. The standard InChI is InChI=1S/C21H16ClN5O2S/c1-29-15-8-4-13(5-9-15)26-19-16-17-18(30-20(16)24-10-23-19)21(28)27(11-25-17)14-6-2-12(22)3-7-14/h2,4-12H,3H2,1H3,(H,23,24,26). The van der Waals surface area contributed by atoms with Crippen molar-refractivity contribution in [3.63, 3.8) is 0 Å². The van der Waals surface area contributed by atoms with Gasteiger partial charge in [0, 0.05) is 11.4 Å².